The molecule has 33 heavy (non-hydrogen) atoms. The third-order valence-electron chi connectivity index (χ3n) is 6.84. The number of carbonyl (C=O) groups is 1. The first kappa shape index (κ1) is 23.1. The highest BCUT2D eigenvalue weighted by Gasteiger charge is 2.25. The van der Waals surface area contributed by atoms with Gasteiger partial charge in [0.05, 0.1) is 18.8 Å². The van der Waals surface area contributed by atoms with Crippen LogP contribution in [-0.2, 0) is 0 Å². The van der Waals surface area contributed by atoms with Crippen LogP contribution in [0.3, 0.4) is 0 Å². The summed E-state index contributed by atoms with van der Waals surface area (Å²) in [6.07, 6.45) is 9.50. The Morgan fingerprint density at radius 3 is 2.76 bits per heavy atom. The first-order valence-electron chi connectivity index (χ1n) is 11.7. The second-order valence-electron chi connectivity index (χ2n) is 8.75. The monoisotopic (exact) mass is 451 g/mol. The fourth-order valence-corrected chi connectivity index (χ4v) is 4.75. The van der Waals surface area contributed by atoms with Gasteiger partial charge in [-0.3, -0.25) is 9.88 Å². The molecule has 0 saturated carbocycles. The molecule has 1 atom stereocenters. The number of likely N-dealkylation sites (tertiary alicyclic amines) is 1. The summed E-state index contributed by atoms with van der Waals surface area (Å²) in [6, 6.07) is 7.52. The molecule has 1 fully saturated rings. The van der Waals surface area contributed by atoms with Crippen molar-refractivity contribution in [2.75, 3.05) is 33.4 Å². The fourth-order valence-electron chi connectivity index (χ4n) is 4.75. The number of hydrogen-bond donors (Lipinski definition) is 1. The summed E-state index contributed by atoms with van der Waals surface area (Å²) in [7, 11) is 1.52. The lowest BCUT2D eigenvalue weighted by Crippen LogP contribution is -2.36. The Bertz CT molecular complexity index is 1100. The van der Waals surface area contributed by atoms with E-state index in [0.29, 0.717) is 30.1 Å². The first-order chi connectivity index (χ1) is 16.0. The molecule has 3 heterocycles. The van der Waals surface area contributed by atoms with Gasteiger partial charge in [0.25, 0.3) is 0 Å². The number of para-hydroxylation sites is 1. The summed E-state index contributed by atoms with van der Waals surface area (Å²) >= 11 is 0. The van der Waals surface area contributed by atoms with E-state index in [-0.39, 0.29) is 5.56 Å². The van der Waals surface area contributed by atoms with Gasteiger partial charge in [0.15, 0.2) is 11.5 Å². The van der Waals surface area contributed by atoms with Gasteiger partial charge in [-0.05, 0) is 69.0 Å². The lowest BCUT2D eigenvalue weighted by molar-refractivity contribution is 0.0690. The number of aromatic carboxylic acids is 1. The number of rotatable bonds is 9. The smallest absolute Gasteiger partial charge is 0.339 e. The Balaban J connectivity index is 1.38. The Kier molecular flexibility index (Phi) is 7.18. The normalized spacial score (nSPS) is 16.1. The molecular weight excluding hydrogens is 418 g/mol. The van der Waals surface area contributed by atoms with Crippen molar-refractivity contribution in [1.82, 2.24) is 14.5 Å². The molecule has 176 valence electrons. The van der Waals surface area contributed by atoms with Crippen LogP contribution in [0.2, 0.25) is 0 Å². The van der Waals surface area contributed by atoms with E-state index in [1.807, 2.05) is 12.4 Å². The zero-order valence-corrected chi connectivity index (χ0v) is 19.7. The molecule has 1 N–H and O–H groups in total. The minimum Gasteiger partial charge on any atom is -0.493 e. The molecule has 0 spiro atoms. The number of pyridine rings is 1. The van der Waals surface area contributed by atoms with E-state index >= 15 is 0 Å². The number of methoxy groups -OCH3 is 1. The molecule has 0 amide bonds. The number of aromatic nitrogens is 2. The third-order valence-corrected chi connectivity index (χ3v) is 6.84. The molecule has 7 heteroatoms. The molecule has 1 aliphatic heterocycles. The van der Waals surface area contributed by atoms with Crippen LogP contribution < -0.4 is 9.47 Å². The molecule has 1 aromatic carbocycles. The summed E-state index contributed by atoms with van der Waals surface area (Å²) in [5.41, 5.74) is 2.78. The number of nitrogens with zero attached hydrogens (tertiary/aromatic N) is 3. The van der Waals surface area contributed by atoms with Crippen molar-refractivity contribution >= 4 is 16.9 Å². The van der Waals surface area contributed by atoms with Crippen LogP contribution in [0.1, 0.15) is 61.0 Å². The first-order valence-corrected chi connectivity index (χ1v) is 11.7. The van der Waals surface area contributed by atoms with Crippen molar-refractivity contribution < 1.29 is 19.4 Å². The number of piperidine rings is 1. The van der Waals surface area contributed by atoms with E-state index in [0.717, 1.165) is 38.9 Å². The van der Waals surface area contributed by atoms with E-state index in [1.165, 1.54) is 29.6 Å². The van der Waals surface area contributed by atoms with E-state index in [4.69, 9.17) is 9.47 Å². The minimum absolute atomic E-state index is 0.125. The van der Waals surface area contributed by atoms with Crippen molar-refractivity contribution in [2.45, 2.75) is 45.1 Å². The molecule has 7 nitrogen and oxygen atoms in total. The van der Waals surface area contributed by atoms with E-state index in [1.54, 1.807) is 12.1 Å². The second-order valence-corrected chi connectivity index (χ2v) is 8.75. The topological polar surface area (TPSA) is 76.8 Å². The standard InChI is InChI=1S/C26H33N3O4/c1-4-18(2)29-17-22(20-8-11-27-16-23(20)29)19-9-12-28(13-10-19)14-15-33-25-21(26(30)31)6-5-7-24(25)32-3/h5-8,11,16-19H,4,9-10,12-15H2,1-3H3,(H,30,31). The Morgan fingerprint density at radius 1 is 1.27 bits per heavy atom. The van der Waals surface area contributed by atoms with Gasteiger partial charge in [-0.15, -0.1) is 0 Å². The SMILES string of the molecule is CCC(C)n1cc(C2CCN(CCOc3c(OC)cccc3C(=O)O)CC2)c2ccncc21. The van der Waals surface area contributed by atoms with Crippen LogP contribution in [0.5, 0.6) is 11.5 Å². The number of ether oxygens (including phenoxy) is 2. The predicted molar refractivity (Wildman–Crippen MR) is 129 cm³/mol. The molecule has 2 aromatic heterocycles. The van der Waals surface area contributed by atoms with E-state index in [2.05, 4.69) is 40.6 Å². The maximum absolute atomic E-state index is 11.5. The number of carboxylic acids is 1. The van der Waals surface area contributed by atoms with Gasteiger partial charge in [0, 0.05) is 30.4 Å². The molecular formula is C26H33N3O4. The Hall–Kier alpha value is -3.06. The number of benzene rings is 1. The lowest BCUT2D eigenvalue weighted by atomic mass is 9.89. The van der Waals surface area contributed by atoms with Gasteiger partial charge >= 0.3 is 5.97 Å². The highest BCUT2D eigenvalue weighted by molar-refractivity contribution is 5.92. The number of fused-ring (bicyclic) bond motifs is 1. The molecule has 4 rings (SSSR count). The summed E-state index contributed by atoms with van der Waals surface area (Å²) in [5, 5.41) is 10.8. The quantitative estimate of drug-likeness (QED) is 0.495. The largest absolute Gasteiger partial charge is 0.493 e. The average Bonchev–Trinajstić information content (AvgIpc) is 3.23. The highest BCUT2D eigenvalue weighted by atomic mass is 16.5. The van der Waals surface area contributed by atoms with Crippen LogP contribution in [0.25, 0.3) is 10.9 Å². The highest BCUT2D eigenvalue weighted by Crippen LogP contribution is 2.36. The van der Waals surface area contributed by atoms with E-state index < -0.39 is 5.97 Å². The van der Waals surface area contributed by atoms with Crippen LogP contribution in [0.4, 0.5) is 0 Å². The Morgan fingerprint density at radius 2 is 2.06 bits per heavy atom. The zero-order chi connectivity index (χ0) is 23.4. The van der Waals surface area contributed by atoms with Crippen LogP contribution in [0.15, 0.2) is 42.9 Å². The van der Waals surface area contributed by atoms with Crippen molar-refractivity contribution in [1.29, 1.82) is 0 Å². The summed E-state index contributed by atoms with van der Waals surface area (Å²) in [5.74, 6) is 0.260. The number of hydrogen-bond acceptors (Lipinski definition) is 5. The molecule has 1 saturated heterocycles. The molecule has 0 radical (unpaired) electrons. The third kappa shape index (κ3) is 4.83. The maximum Gasteiger partial charge on any atom is 0.339 e. The van der Waals surface area contributed by atoms with Crippen molar-refractivity contribution in [3.8, 4) is 11.5 Å². The van der Waals surface area contributed by atoms with Gasteiger partial charge < -0.3 is 19.1 Å². The predicted octanol–water partition coefficient (Wildman–Crippen LogP) is 4.97. The second kappa shape index (κ2) is 10.3. The van der Waals surface area contributed by atoms with Crippen molar-refractivity contribution in [3.05, 3.63) is 54.0 Å². The Labute approximate surface area is 194 Å². The van der Waals surface area contributed by atoms with Gasteiger partial charge in [0.2, 0.25) is 0 Å². The molecule has 1 aliphatic rings. The van der Waals surface area contributed by atoms with Crippen molar-refractivity contribution in [3.63, 3.8) is 0 Å². The molecule has 0 aliphatic carbocycles. The zero-order valence-electron chi connectivity index (χ0n) is 19.7. The van der Waals surface area contributed by atoms with Gasteiger partial charge in [0.1, 0.15) is 12.2 Å². The molecule has 3 aromatic rings. The molecule has 1 unspecified atom stereocenters. The summed E-state index contributed by atoms with van der Waals surface area (Å²) < 4.78 is 13.6. The van der Waals surface area contributed by atoms with E-state index in [9.17, 15) is 9.90 Å². The van der Waals surface area contributed by atoms with Gasteiger partial charge in [-0.2, -0.15) is 0 Å². The number of carboxylic acid groups (broad SMARTS) is 1. The summed E-state index contributed by atoms with van der Waals surface area (Å²) in [6.45, 7) is 7.64. The lowest BCUT2D eigenvalue weighted by Gasteiger charge is -2.32. The minimum atomic E-state index is -1.02. The van der Waals surface area contributed by atoms with Crippen molar-refractivity contribution in [2.24, 2.45) is 0 Å². The van der Waals surface area contributed by atoms with Crippen LogP contribution >= 0.6 is 0 Å². The van der Waals surface area contributed by atoms with Gasteiger partial charge in [-0.25, -0.2) is 4.79 Å². The van der Waals surface area contributed by atoms with Crippen LogP contribution in [0, 0.1) is 0 Å². The maximum atomic E-state index is 11.5. The molecule has 0 bridgehead atoms. The fraction of sp³-hybridized carbons (Fsp3) is 0.462. The van der Waals surface area contributed by atoms with Gasteiger partial charge in [-0.1, -0.05) is 13.0 Å². The summed E-state index contributed by atoms with van der Waals surface area (Å²) in [4.78, 5) is 18.3. The average molecular weight is 452 g/mol. The van der Waals surface area contributed by atoms with Crippen LogP contribution in [-0.4, -0.2) is 58.9 Å².